The summed E-state index contributed by atoms with van der Waals surface area (Å²) in [4.78, 5) is 25.1. The van der Waals surface area contributed by atoms with Crippen LogP contribution >= 0.6 is 0 Å². The second-order valence-electron chi connectivity index (χ2n) is 7.08. The van der Waals surface area contributed by atoms with Crippen LogP contribution in [0.3, 0.4) is 0 Å². The molecule has 9 heteroatoms. The molecule has 8 nitrogen and oxygen atoms in total. The maximum absolute atomic E-state index is 12.9. The van der Waals surface area contributed by atoms with Crippen LogP contribution in [0.2, 0.25) is 0 Å². The highest BCUT2D eigenvalue weighted by Gasteiger charge is 2.51. The number of benzene rings is 1. The Hall–Kier alpha value is -2.39. The number of sulfonamides is 1. The lowest BCUT2D eigenvalue weighted by molar-refractivity contribution is -0.150. The minimum absolute atomic E-state index is 0.203. The van der Waals surface area contributed by atoms with Gasteiger partial charge in [0.15, 0.2) is 0 Å². The van der Waals surface area contributed by atoms with E-state index in [1.807, 2.05) is 12.1 Å². The van der Waals surface area contributed by atoms with Gasteiger partial charge in [-0.05, 0) is 24.6 Å². The van der Waals surface area contributed by atoms with Crippen LogP contribution in [0.5, 0.6) is 5.75 Å². The Morgan fingerprint density at radius 1 is 1.25 bits per heavy atom. The smallest absolute Gasteiger partial charge is 0.335 e. The minimum Gasteiger partial charge on any atom is -0.497 e. The van der Waals surface area contributed by atoms with Gasteiger partial charge in [-0.15, -0.1) is 0 Å². The van der Waals surface area contributed by atoms with E-state index >= 15 is 0 Å². The topological polar surface area (TPSA) is 102 Å². The van der Waals surface area contributed by atoms with Gasteiger partial charge in [-0.25, -0.2) is 17.5 Å². The highest BCUT2D eigenvalue weighted by molar-refractivity contribution is 7.88. The average Bonchev–Trinajstić information content (AvgIpc) is 2.89. The largest absolute Gasteiger partial charge is 0.497 e. The molecular weight excluding hydrogens is 384 g/mol. The molecule has 0 aromatic heterocycles. The number of piperidine rings is 1. The SMILES string of the molecule is COc1ccc(CNC(=O)C2=C(C)C(=O)OC23CCN(S(C)(=O)=O)CC3)cc1. The van der Waals surface area contributed by atoms with Crippen LogP contribution < -0.4 is 10.1 Å². The summed E-state index contributed by atoms with van der Waals surface area (Å²) in [5.74, 6) is -0.172. The Bertz CT molecular complexity index is 912. The lowest BCUT2D eigenvalue weighted by Gasteiger charge is -2.38. The molecule has 28 heavy (non-hydrogen) atoms. The van der Waals surface area contributed by atoms with Crippen molar-refractivity contribution >= 4 is 21.9 Å². The molecular formula is C19H24N2O6S. The van der Waals surface area contributed by atoms with Crippen LogP contribution in [0.15, 0.2) is 35.4 Å². The van der Waals surface area contributed by atoms with Gasteiger partial charge >= 0.3 is 5.97 Å². The van der Waals surface area contributed by atoms with E-state index in [-0.39, 0.29) is 37.4 Å². The number of nitrogens with one attached hydrogen (secondary N) is 1. The van der Waals surface area contributed by atoms with Crippen molar-refractivity contribution in [2.45, 2.75) is 31.9 Å². The number of methoxy groups -OCH3 is 1. The molecule has 2 aliphatic heterocycles. The molecule has 0 unspecified atom stereocenters. The third-order valence-electron chi connectivity index (χ3n) is 5.26. The quantitative estimate of drug-likeness (QED) is 0.729. The van der Waals surface area contributed by atoms with E-state index in [1.54, 1.807) is 26.2 Å². The van der Waals surface area contributed by atoms with Crippen molar-refractivity contribution in [3.05, 3.63) is 41.0 Å². The van der Waals surface area contributed by atoms with Gasteiger partial charge < -0.3 is 14.8 Å². The molecule has 0 aliphatic carbocycles. The standard InChI is InChI=1S/C19H24N2O6S/c1-13-16(17(22)20-12-14-4-6-15(26-2)7-5-14)19(27-18(13)23)8-10-21(11-9-19)28(3,24)25/h4-7H,8-12H2,1-3H3,(H,20,22). The first-order valence-corrected chi connectivity index (χ1v) is 10.8. The Labute approximate surface area is 164 Å². The van der Waals surface area contributed by atoms with E-state index < -0.39 is 21.6 Å². The zero-order valence-corrected chi connectivity index (χ0v) is 17.0. The highest BCUT2D eigenvalue weighted by atomic mass is 32.2. The normalized spacial score (nSPS) is 19.6. The molecule has 3 rings (SSSR count). The second-order valence-corrected chi connectivity index (χ2v) is 9.06. The summed E-state index contributed by atoms with van der Waals surface area (Å²) in [6.07, 6.45) is 1.66. The van der Waals surface area contributed by atoms with Crippen molar-refractivity contribution < 1.29 is 27.5 Å². The Morgan fingerprint density at radius 2 is 1.86 bits per heavy atom. The molecule has 152 valence electrons. The van der Waals surface area contributed by atoms with Crippen LogP contribution in [0, 0.1) is 0 Å². The lowest BCUT2D eigenvalue weighted by Crippen LogP contribution is -2.50. The molecule has 1 spiro atoms. The van der Waals surface area contributed by atoms with E-state index in [4.69, 9.17) is 9.47 Å². The minimum atomic E-state index is -3.32. The monoisotopic (exact) mass is 408 g/mol. The Morgan fingerprint density at radius 3 is 2.39 bits per heavy atom. The maximum atomic E-state index is 12.9. The molecule has 1 saturated heterocycles. The third kappa shape index (κ3) is 3.90. The van der Waals surface area contributed by atoms with Crippen LogP contribution in [0.25, 0.3) is 0 Å². The van der Waals surface area contributed by atoms with Crippen molar-refractivity contribution in [2.75, 3.05) is 26.5 Å². The first-order chi connectivity index (χ1) is 13.2. The van der Waals surface area contributed by atoms with E-state index in [0.29, 0.717) is 12.1 Å². The number of carbonyl (C=O) groups excluding carboxylic acids is 2. The lowest BCUT2D eigenvalue weighted by atomic mass is 9.83. The fraction of sp³-hybridized carbons (Fsp3) is 0.474. The molecule has 1 fully saturated rings. The number of ether oxygens (including phenoxy) is 2. The van der Waals surface area contributed by atoms with Gasteiger partial charge in [-0.3, -0.25) is 4.79 Å². The van der Waals surface area contributed by atoms with Gasteiger partial charge in [0.05, 0.1) is 18.9 Å². The summed E-state index contributed by atoms with van der Waals surface area (Å²) in [5.41, 5.74) is 0.407. The summed E-state index contributed by atoms with van der Waals surface area (Å²) in [6, 6.07) is 7.29. The van der Waals surface area contributed by atoms with Crippen molar-refractivity contribution in [2.24, 2.45) is 0 Å². The van der Waals surface area contributed by atoms with Crippen molar-refractivity contribution in [3.63, 3.8) is 0 Å². The van der Waals surface area contributed by atoms with Crippen molar-refractivity contribution in [1.29, 1.82) is 0 Å². The molecule has 0 radical (unpaired) electrons. The number of carbonyl (C=O) groups is 2. The fourth-order valence-corrected chi connectivity index (χ4v) is 4.52. The molecule has 2 aliphatic rings. The molecule has 0 atom stereocenters. The van der Waals surface area contributed by atoms with Gasteiger partial charge in [0.2, 0.25) is 10.0 Å². The zero-order chi connectivity index (χ0) is 20.5. The number of hydrogen-bond donors (Lipinski definition) is 1. The Balaban J connectivity index is 1.74. The molecule has 1 amide bonds. The average molecular weight is 408 g/mol. The van der Waals surface area contributed by atoms with Gasteiger partial charge in [-0.1, -0.05) is 12.1 Å². The van der Waals surface area contributed by atoms with Gasteiger partial charge in [0, 0.05) is 38.0 Å². The fourth-order valence-electron chi connectivity index (χ4n) is 3.67. The van der Waals surface area contributed by atoms with Gasteiger partial charge in [0.1, 0.15) is 11.4 Å². The van der Waals surface area contributed by atoms with Crippen LogP contribution in [-0.4, -0.2) is 56.7 Å². The predicted octanol–water partition coefficient (Wildman–Crippen LogP) is 0.979. The van der Waals surface area contributed by atoms with Gasteiger partial charge in [-0.2, -0.15) is 0 Å². The molecule has 0 bridgehead atoms. The number of rotatable bonds is 5. The van der Waals surface area contributed by atoms with Crippen LogP contribution in [0.1, 0.15) is 25.3 Å². The van der Waals surface area contributed by atoms with Crippen molar-refractivity contribution in [1.82, 2.24) is 9.62 Å². The summed E-state index contributed by atoms with van der Waals surface area (Å²) in [5, 5.41) is 2.84. The summed E-state index contributed by atoms with van der Waals surface area (Å²) in [6.45, 7) is 2.27. The molecule has 1 aromatic carbocycles. The number of nitrogens with zero attached hydrogens (tertiary/aromatic N) is 1. The predicted molar refractivity (Wildman–Crippen MR) is 102 cm³/mol. The molecule has 2 heterocycles. The maximum Gasteiger partial charge on any atom is 0.335 e. The number of amides is 1. The van der Waals surface area contributed by atoms with Gasteiger partial charge in [0.25, 0.3) is 5.91 Å². The zero-order valence-electron chi connectivity index (χ0n) is 16.1. The number of hydrogen-bond acceptors (Lipinski definition) is 6. The molecule has 1 aromatic rings. The summed E-state index contributed by atoms with van der Waals surface area (Å²) < 4.78 is 35.5. The van der Waals surface area contributed by atoms with E-state index in [0.717, 1.165) is 17.6 Å². The number of esters is 1. The second kappa shape index (κ2) is 7.56. The van der Waals surface area contributed by atoms with E-state index in [1.165, 1.54) is 4.31 Å². The first kappa shape index (κ1) is 20.3. The molecule has 1 N–H and O–H groups in total. The van der Waals surface area contributed by atoms with Crippen LogP contribution in [-0.2, 0) is 30.9 Å². The Kier molecular flexibility index (Phi) is 5.49. The summed E-state index contributed by atoms with van der Waals surface area (Å²) in [7, 11) is -1.74. The van der Waals surface area contributed by atoms with E-state index in [9.17, 15) is 18.0 Å². The van der Waals surface area contributed by atoms with E-state index in [2.05, 4.69) is 5.32 Å². The highest BCUT2D eigenvalue weighted by Crippen LogP contribution is 2.41. The van der Waals surface area contributed by atoms with Crippen LogP contribution in [0.4, 0.5) is 0 Å². The first-order valence-electron chi connectivity index (χ1n) is 8.97. The third-order valence-corrected chi connectivity index (χ3v) is 6.57. The summed E-state index contributed by atoms with van der Waals surface area (Å²) >= 11 is 0. The van der Waals surface area contributed by atoms with Crippen molar-refractivity contribution in [3.8, 4) is 5.75 Å². The molecule has 0 saturated carbocycles.